The normalized spacial score (nSPS) is 15.8. The fourth-order valence-corrected chi connectivity index (χ4v) is 4.40. The van der Waals surface area contributed by atoms with Crippen LogP contribution in [0.15, 0.2) is 45.6 Å². The highest BCUT2D eigenvalue weighted by atomic mass is 79.9. The average molecular weight is 352 g/mol. The van der Waals surface area contributed by atoms with Crippen molar-refractivity contribution in [2.75, 3.05) is 7.05 Å². The molecule has 0 bridgehead atoms. The first-order chi connectivity index (χ1) is 9.69. The minimum absolute atomic E-state index is 0.341. The summed E-state index contributed by atoms with van der Waals surface area (Å²) in [7, 11) is 2.06. The summed E-state index contributed by atoms with van der Waals surface area (Å²) in [4.78, 5) is 0. The first kappa shape index (κ1) is 15.7. The fraction of sp³-hybridized carbons (Fsp3) is 0.412. The molecule has 0 aliphatic carbocycles. The molecular formula is C17H22BrNS. The maximum atomic E-state index is 3.69. The second-order valence-corrected chi connectivity index (χ2v) is 6.86. The molecule has 3 atom stereocenters. The van der Waals surface area contributed by atoms with Crippen molar-refractivity contribution in [1.29, 1.82) is 0 Å². The summed E-state index contributed by atoms with van der Waals surface area (Å²) in [5.74, 6) is 1.11. The Hall–Kier alpha value is -0.640. The molecule has 0 aliphatic heterocycles. The van der Waals surface area contributed by atoms with Crippen molar-refractivity contribution in [3.8, 4) is 0 Å². The molecule has 0 amide bonds. The first-order valence-corrected chi connectivity index (χ1v) is 8.86. The molecule has 1 aromatic carbocycles. The number of likely N-dealkylation sites (N-methyl/N-ethyl adjacent to an activating group) is 1. The lowest BCUT2D eigenvalue weighted by Crippen LogP contribution is -2.28. The summed E-state index contributed by atoms with van der Waals surface area (Å²) in [6, 6.07) is 11.2. The molecule has 0 saturated heterocycles. The van der Waals surface area contributed by atoms with Gasteiger partial charge in [-0.1, -0.05) is 50.6 Å². The van der Waals surface area contributed by atoms with Crippen molar-refractivity contribution in [2.45, 2.75) is 32.2 Å². The summed E-state index contributed by atoms with van der Waals surface area (Å²) in [6.45, 7) is 4.62. The quantitative estimate of drug-likeness (QED) is 0.713. The van der Waals surface area contributed by atoms with Crippen LogP contribution in [-0.4, -0.2) is 7.05 Å². The van der Waals surface area contributed by atoms with Gasteiger partial charge in [-0.2, -0.15) is 11.3 Å². The highest BCUT2D eigenvalue weighted by Crippen LogP contribution is 2.41. The van der Waals surface area contributed by atoms with E-state index in [4.69, 9.17) is 0 Å². The highest BCUT2D eigenvalue weighted by Gasteiger charge is 2.29. The molecule has 108 valence electrons. The molecule has 3 unspecified atom stereocenters. The summed E-state index contributed by atoms with van der Waals surface area (Å²) < 4.78 is 1.21. The van der Waals surface area contributed by atoms with Gasteiger partial charge < -0.3 is 5.32 Å². The van der Waals surface area contributed by atoms with Crippen molar-refractivity contribution in [2.24, 2.45) is 5.92 Å². The van der Waals surface area contributed by atoms with Crippen LogP contribution >= 0.6 is 27.3 Å². The maximum Gasteiger partial charge on any atom is 0.0409 e. The van der Waals surface area contributed by atoms with Crippen LogP contribution in [0.2, 0.25) is 0 Å². The Morgan fingerprint density at radius 3 is 2.40 bits per heavy atom. The highest BCUT2D eigenvalue weighted by molar-refractivity contribution is 9.10. The number of thiophene rings is 1. The van der Waals surface area contributed by atoms with E-state index in [9.17, 15) is 0 Å². The number of hydrogen-bond acceptors (Lipinski definition) is 2. The van der Waals surface area contributed by atoms with E-state index < -0.39 is 0 Å². The Bertz CT molecular complexity index is 523. The van der Waals surface area contributed by atoms with Gasteiger partial charge in [-0.3, -0.25) is 0 Å². The fourth-order valence-electron chi connectivity index (χ4n) is 2.82. The smallest absolute Gasteiger partial charge is 0.0409 e. The van der Waals surface area contributed by atoms with Crippen LogP contribution in [-0.2, 0) is 0 Å². The SMILES string of the molecule is CCC(C)C(c1ccccc1)C(NC)c1cscc1Br. The monoisotopic (exact) mass is 351 g/mol. The molecule has 1 nitrogen and oxygen atoms in total. The molecular weight excluding hydrogens is 330 g/mol. The summed E-state index contributed by atoms with van der Waals surface area (Å²) in [5, 5.41) is 7.95. The van der Waals surface area contributed by atoms with Gasteiger partial charge in [-0.15, -0.1) is 0 Å². The second-order valence-electron chi connectivity index (χ2n) is 5.26. The molecule has 0 fully saturated rings. The van der Waals surface area contributed by atoms with Crippen molar-refractivity contribution >= 4 is 27.3 Å². The molecule has 3 heteroatoms. The van der Waals surface area contributed by atoms with Gasteiger partial charge in [0, 0.05) is 21.8 Å². The van der Waals surface area contributed by atoms with E-state index in [0.29, 0.717) is 17.9 Å². The van der Waals surface area contributed by atoms with Gasteiger partial charge in [0.05, 0.1) is 0 Å². The van der Waals surface area contributed by atoms with Crippen LogP contribution < -0.4 is 5.32 Å². The van der Waals surface area contributed by atoms with Crippen LogP contribution in [0.4, 0.5) is 0 Å². The zero-order valence-corrected chi connectivity index (χ0v) is 14.7. The van der Waals surface area contributed by atoms with Crippen molar-refractivity contribution in [1.82, 2.24) is 5.32 Å². The first-order valence-electron chi connectivity index (χ1n) is 7.12. The van der Waals surface area contributed by atoms with Gasteiger partial charge in [0.15, 0.2) is 0 Å². The molecule has 0 saturated carbocycles. The average Bonchev–Trinajstić information content (AvgIpc) is 2.90. The van der Waals surface area contributed by atoms with E-state index >= 15 is 0 Å². The predicted molar refractivity (Wildman–Crippen MR) is 92.5 cm³/mol. The molecule has 1 heterocycles. The van der Waals surface area contributed by atoms with Crippen LogP contribution in [0, 0.1) is 5.92 Å². The molecule has 20 heavy (non-hydrogen) atoms. The largest absolute Gasteiger partial charge is 0.312 e. The van der Waals surface area contributed by atoms with Crippen molar-refractivity contribution in [3.05, 3.63) is 56.7 Å². The van der Waals surface area contributed by atoms with E-state index in [-0.39, 0.29) is 0 Å². The maximum absolute atomic E-state index is 3.69. The number of halogens is 1. The van der Waals surface area contributed by atoms with E-state index in [1.807, 2.05) is 0 Å². The van der Waals surface area contributed by atoms with Gasteiger partial charge in [-0.05, 0) is 45.4 Å². The molecule has 1 aromatic heterocycles. The standard InChI is InChI=1S/C17H22BrNS/c1-4-12(2)16(13-8-6-5-7-9-13)17(19-3)14-10-20-11-15(14)18/h5-12,16-17,19H,4H2,1-3H3. The van der Waals surface area contributed by atoms with Gasteiger partial charge >= 0.3 is 0 Å². The summed E-state index contributed by atoms with van der Waals surface area (Å²) in [5.41, 5.74) is 2.78. The minimum atomic E-state index is 0.341. The lowest BCUT2D eigenvalue weighted by atomic mass is 9.78. The van der Waals surface area contributed by atoms with Gasteiger partial charge in [-0.25, -0.2) is 0 Å². The van der Waals surface area contributed by atoms with Gasteiger partial charge in [0.25, 0.3) is 0 Å². The number of nitrogens with one attached hydrogen (secondary N) is 1. The van der Waals surface area contributed by atoms with Crippen LogP contribution in [0.25, 0.3) is 0 Å². The zero-order valence-electron chi connectivity index (χ0n) is 12.3. The number of rotatable bonds is 6. The van der Waals surface area contributed by atoms with E-state index in [2.05, 4.69) is 83.2 Å². The van der Waals surface area contributed by atoms with E-state index in [0.717, 1.165) is 0 Å². The lowest BCUT2D eigenvalue weighted by Gasteiger charge is -2.32. The molecule has 1 N–H and O–H groups in total. The van der Waals surface area contributed by atoms with Crippen LogP contribution in [0.3, 0.4) is 0 Å². The van der Waals surface area contributed by atoms with Gasteiger partial charge in [0.1, 0.15) is 0 Å². The Morgan fingerprint density at radius 2 is 1.90 bits per heavy atom. The number of benzene rings is 1. The topological polar surface area (TPSA) is 12.0 Å². The molecule has 0 aliphatic rings. The predicted octanol–water partition coefficient (Wildman–Crippen LogP) is 5.60. The molecule has 0 radical (unpaired) electrons. The third-order valence-electron chi connectivity index (χ3n) is 4.09. The summed E-state index contributed by atoms with van der Waals surface area (Å²) in [6.07, 6.45) is 1.18. The second kappa shape index (κ2) is 7.39. The van der Waals surface area contributed by atoms with Crippen molar-refractivity contribution < 1.29 is 0 Å². The number of hydrogen-bond donors (Lipinski definition) is 1. The lowest BCUT2D eigenvalue weighted by molar-refractivity contribution is 0.354. The van der Waals surface area contributed by atoms with E-state index in [1.54, 1.807) is 11.3 Å². The molecule has 2 rings (SSSR count). The third-order valence-corrected chi connectivity index (χ3v) is 5.84. The van der Waals surface area contributed by atoms with Crippen molar-refractivity contribution in [3.63, 3.8) is 0 Å². The molecule has 2 aromatic rings. The Labute approximate surface area is 134 Å². The molecule has 0 spiro atoms. The Kier molecular flexibility index (Phi) is 5.82. The summed E-state index contributed by atoms with van der Waals surface area (Å²) >= 11 is 5.44. The zero-order chi connectivity index (χ0) is 14.5. The Morgan fingerprint density at radius 1 is 1.20 bits per heavy atom. The van der Waals surface area contributed by atoms with Crippen LogP contribution in [0.1, 0.15) is 43.4 Å². The van der Waals surface area contributed by atoms with Crippen LogP contribution in [0.5, 0.6) is 0 Å². The minimum Gasteiger partial charge on any atom is -0.312 e. The third kappa shape index (κ3) is 3.33. The van der Waals surface area contributed by atoms with E-state index in [1.165, 1.54) is 22.0 Å². The Balaban J connectivity index is 2.42. The van der Waals surface area contributed by atoms with Gasteiger partial charge in [0.2, 0.25) is 0 Å².